The molecule has 1 aliphatic heterocycles. The van der Waals surface area contributed by atoms with E-state index in [1.54, 1.807) is 72.7 Å². The average Bonchev–Trinajstić information content (AvgIpc) is 3.30. The molecule has 0 spiro atoms. The van der Waals surface area contributed by atoms with E-state index in [-0.39, 0.29) is 30.3 Å². The number of thioether (sulfide) groups is 1. The van der Waals surface area contributed by atoms with Crippen molar-refractivity contribution in [3.05, 3.63) is 132 Å². The SMILES string of the molecule is COc1ccc(N=C2S/C(=C\c3ccc(OCc4cccc([N+](=O)[O-])c4)c(I)c3)C(=O)N2Cc2ccc(C(=O)O)cc2)cc1. The van der Waals surface area contributed by atoms with Crippen molar-refractivity contribution in [2.24, 2.45) is 4.99 Å². The lowest BCUT2D eigenvalue weighted by Crippen LogP contribution is -2.28. The summed E-state index contributed by atoms with van der Waals surface area (Å²) in [5, 5.41) is 20.8. The first-order chi connectivity index (χ1) is 21.2. The highest BCUT2D eigenvalue weighted by Crippen LogP contribution is 2.36. The molecular weight excluding hydrogens is 697 g/mol. The Balaban J connectivity index is 1.38. The van der Waals surface area contributed by atoms with E-state index in [4.69, 9.17) is 14.5 Å². The van der Waals surface area contributed by atoms with E-state index in [0.717, 1.165) is 14.7 Å². The molecule has 4 aromatic rings. The van der Waals surface area contributed by atoms with Crippen molar-refractivity contribution in [2.75, 3.05) is 7.11 Å². The molecule has 1 N–H and O–H groups in total. The molecule has 0 atom stereocenters. The van der Waals surface area contributed by atoms with Gasteiger partial charge in [-0.25, -0.2) is 9.79 Å². The van der Waals surface area contributed by atoms with Crippen molar-refractivity contribution in [2.45, 2.75) is 13.2 Å². The fourth-order valence-corrected chi connectivity index (χ4v) is 5.92. The van der Waals surface area contributed by atoms with Gasteiger partial charge in [-0.2, -0.15) is 0 Å². The molecule has 12 heteroatoms. The van der Waals surface area contributed by atoms with Crippen LogP contribution in [-0.4, -0.2) is 39.1 Å². The van der Waals surface area contributed by atoms with Gasteiger partial charge >= 0.3 is 5.97 Å². The van der Waals surface area contributed by atoms with Crippen molar-refractivity contribution < 1.29 is 29.1 Å². The molecule has 0 saturated carbocycles. The van der Waals surface area contributed by atoms with Crippen LogP contribution in [0.2, 0.25) is 0 Å². The van der Waals surface area contributed by atoms with Gasteiger partial charge in [0, 0.05) is 12.1 Å². The minimum absolute atomic E-state index is 0.00252. The highest BCUT2D eigenvalue weighted by Gasteiger charge is 2.33. The zero-order chi connectivity index (χ0) is 31.2. The number of amides is 1. The maximum atomic E-state index is 13.6. The normalized spacial score (nSPS) is 14.7. The molecule has 0 aliphatic carbocycles. The minimum atomic E-state index is -1.02. The number of carbonyl (C=O) groups is 2. The number of aromatic carboxylic acids is 1. The Kier molecular flexibility index (Phi) is 9.60. The van der Waals surface area contributed by atoms with Crippen LogP contribution in [0.3, 0.4) is 0 Å². The average molecular weight is 722 g/mol. The maximum Gasteiger partial charge on any atom is 0.335 e. The molecule has 44 heavy (non-hydrogen) atoms. The van der Waals surface area contributed by atoms with Crippen LogP contribution in [0.25, 0.3) is 6.08 Å². The van der Waals surface area contributed by atoms with E-state index in [9.17, 15) is 24.8 Å². The first-order valence-corrected chi connectivity index (χ1v) is 15.0. The summed E-state index contributed by atoms with van der Waals surface area (Å²) in [5.41, 5.74) is 3.03. The highest BCUT2D eigenvalue weighted by molar-refractivity contribution is 14.1. The van der Waals surface area contributed by atoms with E-state index in [1.807, 2.05) is 12.1 Å². The quantitative estimate of drug-likeness (QED) is 0.0782. The van der Waals surface area contributed by atoms with Crippen molar-refractivity contribution in [3.8, 4) is 11.5 Å². The Hall–Kier alpha value is -4.69. The van der Waals surface area contributed by atoms with Crippen LogP contribution in [-0.2, 0) is 17.9 Å². The lowest BCUT2D eigenvalue weighted by Gasteiger charge is -2.16. The number of hydrogen-bond acceptors (Lipinski definition) is 8. The van der Waals surface area contributed by atoms with Gasteiger partial charge in [0.05, 0.1) is 38.3 Å². The molecule has 222 valence electrons. The van der Waals surface area contributed by atoms with Gasteiger partial charge < -0.3 is 14.6 Å². The van der Waals surface area contributed by atoms with Crippen LogP contribution in [0, 0.1) is 13.7 Å². The first-order valence-electron chi connectivity index (χ1n) is 13.1. The zero-order valence-electron chi connectivity index (χ0n) is 23.2. The van der Waals surface area contributed by atoms with Gasteiger partial charge in [-0.05, 0) is 106 Å². The number of halogens is 1. The Bertz CT molecular complexity index is 1790. The zero-order valence-corrected chi connectivity index (χ0v) is 26.2. The molecule has 5 rings (SSSR count). The third-order valence-corrected chi connectivity index (χ3v) is 8.35. The number of carboxylic acids is 1. The van der Waals surface area contributed by atoms with Crippen LogP contribution in [0.5, 0.6) is 11.5 Å². The Morgan fingerprint density at radius 3 is 2.45 bits per heavy atom. The van der Waals surface area contributed by atoms with Gasteiger partial charge in [0.2, 0.25) is 0 Å². The number of benzene rings is 4. The molecule has 0 aromatic heterocycles. The molecule has 1 saturated heterocycles. The number of carbonyl (C=O) groups excluding carboxylic acids is 1. The van der Waals surface area contributed by atoms with E-state index in [1.165, 1.54) is 36.0 Å². The number of non-ortho nitro benzene ring substituents is 1. The number of ether oxygens (including phenoxy) is 2. The summed E-state index contributed by atoms with van der Waals surface area (Å²) in [6.45, 7) is 0.375. The summed E-state index contributed by atoms with van der Waals surface area (Å²) in [5.74, 6) is 0.0435. The van der Waals surface area contributed by atoms with Gasteiger partial charge in [-0.3, -0.25) is 19.8 Å². The molecule has 0 radical (unpaired) electrons. The van der Waals surface area contributed by atoms with Gasteiger partial charge in [-0.15, -0.1) is 0 Å². The van der Waals surface area contributed by atoms with E-state index >= 15 is 0 Å². The number of amidine groups is 1. The number of nitrogens with zero attached hydrogens (tertiary/aromatic N) is 3. The number of carboxylic acid groups (broad SMARTS) is 1. The van der Waals surface area contributed by atoms with Crippen LogP contribution in [0.4, 0.5) is 11.4 Å². The number of hydrogen-bond donors (Lipinski definition) is 1. The molecule has 1 aliphatic rings. The summed E-state index contributed by atoms with van der Waals surface area (Å²) < 4.78 is 12.0. The Labute approximate surface area is 270 Å². The third-order valence-electron chi connectivity index (χ3n) is 6.50. The molecule has 4 aromatic carbocycles. The monoisotopic (exact) mass is 721 g/mol. The van der Waals surface area contributed by atoms with Crippen LogP contribution >= 0.6 is 34.4 Å². The van der Waals surface area contributed by atoms with Crippen molar-refractivity contribution in [1.29, 1.82) is 0 Å². The summed E-state index contributed by atoms with van der Waals surface area (Å²) >= 11 is 3.40. The van der Waals surface area contributed by atoms with Crippen LogP contribution in [0.1, 0.15) is 27.0 Å². The Morgan fingerprint density at radius 1 is 1.05 bits per heavy atom. The topological polar surface area (TPSA) is 132 Å². The third kappa shape index (κ3) is 7.44. The molecule has 0 unspecified atom stereocenters. The Morgan fingerprint density at radius 2 is 1.80 bits per heavy atom. The van der Waals surface area contributed by atoms with Gasteiger partial charge in [0.25, 0.3) is 11.6 Å². The number of methoxy groups -OCH3 is 1. The van der Waals surface area contributed by atoms with E-state index < -0.39 is 10.9 Å². The number of nitro groups is 1. The minimum Gasteiger partial charge on any atom is -0.497 e. The van der Waals surface area contributed by atoms with Crippen LogP contribution < -0.4 is 9.47 Å². The fraction of sp³-hybridized carbons (Fsp3) is 0.0938. The lowest BCUT2D eigenvalue weighted by molar-refractivity contribution is -0.384. The second-order valence-corrected chi connectivity index (χ2v) is 11.7. The smallest absolute Gasteiger partial charge is 0.335 e. The van der Waals surface area contributed by atoms with Gasteiger partial charge in [-0.1, -0.05) is 30.3 Å². The van der Waals surface area contributed by atoms with Crippen molar-refractivity contribution >= 4 is 68.8 Å². The van der Waals surface area contributed by atoms with E-state index in [0.29, 0.717) is 32.8 Å². The number of rotatable bonds is 10. The summed E-state index contributed by atoms with van der Waals surface area (Å²) in [6, 6.07) is 25.4. The number of nitro benzene ring substituents is 1. The summed E-state index contributed by atoms with van der Waals surface area (Å²) in [6.07, 6.45) is 1.79. The van der Waals surface area contributed by atoms with E-state index in [2.05, 4.69) is 22.6 Å². The molecule has 1 amide bonds. The van der Waals surface area contributed by atoms with Crippen LogP contribution in [0.15, 0.2) is 101 Å². The van der Waals surface area contributed by atoms with Gasteiger partial charge in [0.15, 0.2) is 5.17 Å². The fourth-order valence-electron chi connectivity index (χ4n) is 4.23. The summed E-state index contributed by atoms with van der Waals surface area (Å²) in [7, 11) is 1.58. The van der Waals surface area contributed by atoms with Gasteiger partial charge in [0.1, 0.15) is 18.1 Å². The first kappa shape index (κ1) is 30.8. The lowest BCUT2D eigenvalue weighted by atomic mass is 10.1. The molecule has 0 bridgehead atoms. The standard InChI is InChI=1S/C32H24IN3O7S/c1-42-26-12-10-24(11-13-26)34-32-35(18-20-5-8-23(9-6-20)31(38)39)30(37)29(44-32)17-21-7-14-28(27(33)16-21)43-19-22-3-2-4-25(15-22)36(40)41/h2-17H,18-19H2,1H3,(H,38,39)/b29-17-,34-32?. The predicted molar refractivity (Wildman–Crippen MR) is 176 cm³/mol. The predicted octanol–water partition coefficient (Wildman–Crippen LogP) is 7.29. The second-order valence-electron chi connectivity index (χ2n) is 9.50. The van der Waals surface area contributed by atoms with Crippen molar-refractivity contribution in [3.63, 3.8) is 0 Å². The highest BCUT2D eigenvalue weighted by atomic mass is 127. The second kappa shape index (κ2) is 13.7. The molecule has 1 fully saturated rings. The number of aliphatic imine (C=N–C) groups is 1. The molecular formula is C32H24IN3O7S. The van der Waals surface area contributed by atoms with Crippen molar-refractivity contribution in [1.82, 2.24) is 4.90 Å². The molecule has 10 nitrogen and oxygen atoms in total. The molecule has 1 heterocycles. The maximum absolute atomic E-state index is 13.6. The summed E-state index contributed by atoms with van der Waals surface area (Å²) in [4.78, 5) is 42.3. The largest absolute Gasteiger partial charge is 0.497 e.